The second-order valence-corrected chi connectivity index (χ2v) is 4.66. The zero-order valence-electron chi connectivity index (χ0n) is 12.4. The van der Waals surface area contributed by atoms with Crippen molar-refractivity contribution in [2.75, 3.05) is 5.43 Å². The van der Waals surface area contributed by atoms with Crippen LogP contribution in [0.2, 0.25) is 0 Å². The molecule has 3 aromatic heterocycles. The Morgan fingerprint density at radius 2 is 1.62 bits per heavy atom. The van der Waals surface area contributed by atoms with E-state index in [1.165, 1.54) is 18.3 Å². The van der Waals surface area contributed by atoms with E-state index in [2.05, 4.69) is 25.5 Å². The van der Waals surface area contributed by atoms with E-state index in [-0.39, 0.29) is 5.69 Å². The molecule has 1 N–H and O–H groups in total. The Morgan fingerprint density at radius 3 is 2.08 bits per heavy atom. The average Bonchev–Trinajstić information content (AvgIpc) is 2.64. The van der Waals surface area contributed by atoms with Gasteiger partial charge >= 0.3 is 0 Å². The third-order valence-electron chi connectivity index (χ3n) is 3.06. The lowest BCUT2D eigenvalue weighted by molar-refractivity contribution is -0.385. The SMILES string of the molecule is O=[N+]([O-])c1ccc(NN=C(c2ccccn2)c2ccccn2)nc1. The molecule has 0 aliphatic heterocycles. The quantitative estimate of drug-likeness (QED) is 0.440. The molecule has 3 heterocycles. The predicted octanol–water partition coefficient (Wildman–Crippen LogP) is 2.64. The Bertz CT molecular complexity index is 809. The molecule has 0 amide bonds. The fraction of sp³-hybridized carbons (Fsp3) is 0. The van der Waals surface area contributed by atoms with E-state index >= 15 is 0 Å². The van der Waals surface area contributed by atoms with Gasteiger partial charge in [0.15, 0.2) is 0 Å². The van der Waals surface area contributed by atoms with Crippen molar-refractivity contribution in [2.45, 2.75) is 0 Å². The van der Waals surface area contributed by atoms with Crippen LogP contribution >= 0.6 is 0 Å². The van der Waals surface area contributed by atoms with Crippen LogP contribution in [-0.4, -0.2) is 25.6 Å². The molecule has 0 saturated heterocycles. The van der Waals surface area contributed by atoms with Crippen LogP contribution in [0.15, 0.2) is 72.2 Å². The molecule has 0 radical (unpaired) electrons. The monoisotopic (exact) mass is 320 g/mol. The van der Waals surface area contributed by atoms with Crippen molar-refractivity contribution in [2.24, 2.45) is 5.10 Å². The first-order valence-electron chi connectivity index (χ1n) is 7.01. The summed E-state index contributed by atoms with van der Waals surface area (Å²) in [5.41, 5.74) is 4.52. The molecular weight excluding hydrogens is 308 g/mol. The van der Waals surface area contributed by atoms with E-state index < -0.39 is 4.92 Å². The molecule has 0 saturated carbocycles. The zero-order valence-corrected chi connectivity index (χ0v) is 12.4. The molecule has 0 aromatic carbocycles. The standard InChI is InChI=1S/C16H12N6O2/c23-22(24)12-7-8-15(19-11-12)20-21-16(13-5-1-3-9-17-13)14-6-2-4-10-18-14/h1-11H,(H,19,20). The Morgan fingerprint density at radius 1 is 0.958 bits per heavy atom. The van der Waals surface area contributed by atoms with Gasteiger partial charge in [0.2, 0.25) is 0 Å². The highest BCUT2D eigenvalue weighted by Gasteiger charge is 2.10. The van der Waals surface area contributed by atoms with Gasteiger partial charge in [0.05, 0.1) is 16.3 Å². The van der Waals surface area contributed by atoms with Gasteiger partial charge in [0, 0.05) is 18.5 Å². The van der Waals surface area contributed by atoms with Gasteiger partial charge in [0.1, 0.15) is 17.7 Å². The Balaban J connectivity index is 1.91. The maximum absolute atomic E-state index is 10.6. The second kappa shape index (κ2) is 7.05. The molecule has 118 valence electrons. The third-order valence-corrected chi connectivity index (χ3v) is 3.06. The van der Waals surface area contributed by atoms with Gasteiger partial charge in [0.25, 0.3) is 5.69 Å². The number of nitro groups is 1. The zero-order chi connectivity index (χ0) is 16.8. The molecule has 0 fully saturated rings. The summed E-state index contributed by atoms with van der Waals surface area (Å²) in [6.07, 6.45) is 4.49. The maximum Gasteiger partial charge on any atom is 0.287 e. The summed E-state index contributed by atoms with van der Waals surface area (Å²) in [6.45, 7) is 0. The van der Waals surface area contributed by atoms with Crippen molar-refractivity contribution < 1.29 is 4.92 Å². The molecule has 0 atom stereocenters. The first-order chi connectivity index (χ1) is 11.7. The Kier molecular flexibility index (Phi) is 4.47. The lowest BCUT2D eigenvalue weighted by atomic mass is 10.1. The first-order valence-corrected chi connectivity index (χ1v) is 7.01. The van der Waals surface area contributed by atoms with Crippen LogP contribution in [-0.2, 0) is 0 Å². The van der Waals surface area contributed by atoms with Crippen LogP contribution in [0.3, 0.4) is 0 Å². The van der Waals surface area contributed by atoms with E-state index in [0.29, 0.717) is 22.9 Å². The van der Waals surface area contributed by atoms with Gasteiger partial charge in [-0.15, -0.1) is 0 Å². The fourth-order valence-electron chi connectivity index (χ4n) is 1.92. The van der Waals surface area contributed by atoms with Crippen LogP contribution < -0.4 is 5.43 Å². The summed E-state index contributed by atoms with van der Waals surface area (Å²) in [4.78, 5) is 22.7. The normalized spacial score (nSPS) is 10.0. The molecule has 8 heteroatoms. The van der Waals surface area contributed by atoms with E-state index in [1.54, 1.807) is 12.4 Å². The Labute approximate surface area is 137 Å². The van der Waals surface area contributed by atoms with Gasteiger partial charge in [-0.2, -0.15) is 5.10 Å². The van der Waals surface area contributed by atoms with Crippen LogP contribution in [0.4, 0.5) is 11.5 Å². The topological polar surface area (TPSA) is 106 Å². The van der Waals surface area contributed by atoms with Crippen molar-refractivity contribution in [1.82, 2.24) is 15.0 Å². The van der Waals surface area contributed by atoms with E-state index in [0.717, 1.165) is 0 Å². The molecule has 8 nitrogen and oxygen atoms in total. The number of hydrogen-bond acceptors (Lipinski definition) is 7. The van der Waals surface area contributed by atoms with Crippen LogP contribution in [0.25, 0.3) is 0 Å². The molecule has 0 spiro atoms. The number of nitrogens with zero attached hydrogens (tertiary/aromatic N) is 5. The molecule has 3 aromatic rings. The molecule has 0 unspecified atom stereocenters. The van der Waals surface area contributed by atoms with Crippen molar-refractivity contribution >= 4 is 17.2 Å². The van der Waals surface area contributed by atoms with Crippen molar-refractivity contribution in [3.05, 3.63) is 88.6 Å². The number of hydrazone groups is 1. The number of pyridine rings is 3. The lowest BCUT2D eigenvalue weighted by Gasteiger charge is -2.06. The average molecular weight is 320 g/mol. The van der Waals surface area contributed by atoms with E-state index in [9.17, 15) is 10.1 Å². The van der Waals surface area contributed by atoms with Gasteiger partial charge in [-0.25, -0.2) is 4.98 Å². The minimum atomic E-state index is -0.507. The van der Waals surface area contributed by atoms with Crippen molar-refractivity contribution in [1.29, 1.82) is 0 Å². The molecule has 0 aliphatic carbocycles. The van der Waals surface area contributed by atoms with Crippen molar-refractivity contribution in [3.8, 4) is 0 Å². The maximum atomic E-state index is 10.6. The number of hydrogen-bond donors (Lipinski definition) is 1. The summed E-state index contributed by atoms with van der Waals surface area (Å²) in [5, 5.41) is 15.0. The fourth-order valence-corrected chi connectivity index (χ4v) is 1.92. The Hall–Kier alpha value is -3.68. The largest absolute Gasteiger partial charge is 0.287 e. The summed E-state index contributed by atoms with van der Waals surface area (Å²) in [5.74, 6) is 0.380. The molecule has 3 rings (SSSR count). The highest BCUT2D eigenvalue weighted by molar-refractivity contribution is 6.10. The third kappa shape index (κ3) is 3.55. The second-order valence-electron chi connectivity index (χ2n) is 4.66. The highest BCUT2D eigenvalue weighted by atomic mass is 16.6. The van der Waals surface area contributed by atoms with Gasteiger partial charge in [-0.05, 0) is 30.3 Å². The summed E-state index contributed by atoms with van der Waals surface area (Å²) >= 11 is 0. The minimum Gasteiger partial charge on any atom is -0.261 e. The van der Waals surface area contributed by atoms with Crippen LogP contribution in [0.1, 0.15) is 11.4 Å². The smallest absolute Gasteiger partial charge is 0.261 e. The summed E-state index contributed by atoms with van der Waals surface area (Å²) < 4.78 is 0. The van der Waals surface area contributed by atoms with E-state index in [4.69, 9.17) is 0 Å². The minimum absolute atomic E-state index is 0.0841. The molecular formula is C16H12N6O2. The van der Waals surface area contributed by atoms with Gasteiger partial charge in [-0.1, -0.05) is 12.1 Å². The predicted molar refractivity (Wildman–Crippen MR) is 88.6 cm³/mol. The highest BCUT2D eigenvalue weighted by Crippen LogP contribution is 2.13. The summed E-state index contributed by atoms with van der Waals surface area (Å²) in [6, 6.07) is 13.8. The molecule has 0 bridgehead atoms. The number of nitrogens with one attached hydrogen (secondary N) is 1. The molecule has 24 heavy (non-hydrogen) atoms. The number of anilines is 1. The first kappa shape index (κ1) is 15.2. The number of rotatable bonds is 5. The number of aromatic nitrogens is 3. The summed E-state index contributed by atoms with van der Waals surface area (Å²) in [7, 11) is 0. The van der Waals surface area contributed by atoms with Gasteiger partial charge < -0.3 is 0 Å². The van der Waals surface area contributed by atoms with Crippen LogP contribution in [0.5, 0.6) is 0 Å². The van der Waals surface area contributed by atoms with Crippen LogP contribution in [0, 0.1) is 10.1 Å². The van der Waals surface area contributed by atoms with Crippen molar-refractivity contribution in [3.63, 3.8) is 0 Å². The van der Waals surface area contributed by atoms with Gasteiger partial charge in [-0.3, -0.25) is 25.5 Å². The van der Waals surface area contributed by atoms with E-state index in [1.807, 2.05) is 36.4 Å². The molecule has 0 aliphatic rings. The lowest BCUT2D eigenvalue weighted by Crippen LogP contribution is -2.10.